The highest BCUT2D eigenvalue weighted by Crippen LogP contribution is 2.42. The second-order valence-electron chi connectivity index (χ2n) is 10.6. The molecule has 4 rings (SSSR count). The first-order chi connectivity index (χ1) is 19.4. The molecule has 0 saturated carbocycles. The zero-order valence-electron chi connectivity index (χ0n) is 24.1. The van der Waals surface area contributed by atoms with E-state index in [0.29, 0.717) is 45.4 Å². The number of hydrogen-bond donors (Lipinski definition) is 2. The van der Waals surface area contributed by atoms with Gasteiger partial charge in [0.2, 0.25) is 0 Å². The number of carbonyl (C=O) groups excluding carboxylic acids is 2. The molecule has 9 nitrogen and oxygen atoms in total. The maximum atomic E-state index is 14.2. The number of carbonyl (C=O) groups is 2. The fourth-order valence-corrected chi connectivity index (χ4v) is 5.97. The number of rotatable bonds is 14. The Morgan fingerprint density at radius 2 is 1.70 bits per heavy atom. The fraction of sp³-hybridized carbons (Fsp3) is 0.516. The predicted octanol–water partition coefficient (Wildman–Crippen LogP) is 3.93. The largest absolute Gasteiger partial charge is 0.399 e. The van der Waals surface area contributed by atoms with Crippen molar-refractivity contribution >= 4 is 23.5 Å². The van der Waals surface area contributed by atoms with Crippen LogP contribution in [0.1, 0.15) is 57.6 Å². The van der Waals surface area contributed by atoms with Gasteiger partial charge in [0.05, 0.1) is 6.61 Å². The lowest BCUT2D eigenvalue weighted by molar-refractivity contribution is -0.151. The number of aliphatic imine (C=N–C) groups is 1. The van der Waals surface area contributed by atoms with E-state index in [1.807, 2.05) is 78.2 Å². The smallest absolute Gasteiger partial charge is 0.328 e. The summed E-state index contributed by atoms with van der Waals surface area (Å²) in [5.41, 5.74) is 7.86. The van der Waals surface area contributed by atoms with Crippen molar-refractivity contribution in [1.82, 2.24) is 19.8 Å². The molecule has 216 valence electrons. The van der Waals surface area contributed by atoms with Gasteiger partial charge in [-0.2, -0.15) is 0 Å². The lowest BCUT2D eigenvalue weighted by Crippen LogP contribution is -2.73. The summed E-state index contributed by atoms with van der Waals surface area (Å²) in [6, 6.07) is 17.0. The third-order valence-electron chi connectivity index (χ3n) is 7.98. The van der Waals surface area contributed by atoms with Crippen LogP contribution < -0.4 is 5.73 Å². The number of hydrazine groups is 1. The number of fused-ring (bicyclic) bond motifs is 1. The molecule has 2 aromatic carbocycles. The highest BCUT2D eigenvalue weighted by atomic mass is 16.3. The summed E-state index contributed by atoms with van der Waals surface area (Å²) in [7, 11) is 0. The molecular formula is C31H44N6O3. The lowest BCUT2D eigenvalue weighted by atomic mass is 9.91. The van der Waals surface area contributed by atoms with Crippen molar-refractivity contribution in [3.63, 3.8) is 0 Å². The monoisotopic (exact) mass is 548 g/mol. The number of hydrogen-bond acceptors (Lipinski definition) is 7. The molecule has 1 saturated heterocycles. The van der Waals surface area contributed by atoms with Crippen molar-refractivity contribution in [3.8, 4) is 0 Å². The van der Waals surface area contributed by atoms with Gasteiger partial charge in [0, 0.05) is 38.3 Å². The van der Waals surface area contributed by atoms with Crippen LogP contribution in [0.15, 0.2) is 59.6 Å². The third kappa shape index (κ3) is 5.86. The Bertz CT molecular complexity index is 1170. The van der Waals surface area contributed by atoms with Crippen molar-refractivity contribution in [1.29, 1.82) is 0 Å². The normalized spacial score (nSPS) is 20.9. The van der Waals surface area contributed by atoms with Crippen LogP contribution >= 0.6 is 0 Å². The molecule has 3 N–H and O–H groups in total. The quantitative estimate of drug-likeness (QED) is 0.274. The van der Waals surface area contributed by atoms with Gasteiger partial charge >= 0.3 is 6.03 Å². The molecular weight excluding hydrogens is 504 g/mol. The number of aryl methyl sites for hydroxylation is 1. The lowest BCUT2D eigenvalue weighted by Gasteiger charge is -2.51. The zero-order chi connectivity index (χ0) is 28.7. The van der Waals surface area contributed by atoms with Crippen LogP contribution in [0.2, 0.25) is 0 Å². The molecule has 0 radical (unpaired) electrons. The number of likely N-dealkylation sites (N-methyl/N-ethyl adjacent to an activating group) is 1. The number of benzene rings is 2. The van der Waals surface area contributed by atoms with Crippen molar-refractivity contribution < 1.29 is 14.7 Å². The molecule has 0 aliphatic carbocycles. The van der Waals surface area contributed by atoms with Gasteiger partial charge in [0.25, 0.3) is 5.91 Å². The topological polar surface area (TPSA) is 106 Å². The molecule has 2 aliphatic heterocycles. The van der Waals surface area contributed by atoms with Crippen LogP contribution in [-0.4, -0.2) is 87.2 Å². The van der Waals surface area contributed by atoms with Gasteiger partial charge in [-0.15, -0.1) is 0 Å². The molecule has 1 fully saturated rings. The minimum atomic E-state index is -1.01. The number of urea groups is 1. The van der Waals surface area contributed by atoms with E-state index in [4.69, 9.17) is 10.7 Å². The van der Waals surface area contributed by atoms with Crippen LogP contribution in [0.25, 0.3) is 0 Å². The van der Waals surface area contributed by atoms with Gasteiger partial charge in [0.15, 0.2) is 11.7 Å². The maximum absolute atomic E-state index is 14.2. The number of aliphatic hydroxyl groups is 1. The van der Waals surface area contributed by atoms with Crippen LogP contribution in [-0.2, 0) is 17.6 Å². The van der Waals surface area contributed by atoms with E-state index in [0.717, 1.165) is 36.3 Å². The van der Waals surface area contributed by atoms with Crippen LogP contribution in [0.3, 0.4) is 0 Å². The summed E-state index contributed by atoms with van der Waals surface area (Å²) < 4.78 is 0. The Kier molecular flexibility index (Phi) is 9.81. The second-order valence-corrected chi connectivity index (χ2v) is 10.6. The van der Waals surface area contributed by atoms with E-state index in [1.165, 1.54) is 10.5 Å². The Morgan fingerprint density at radius 3 is 2.33 bits per heavy atom. The summed E-state index contributed by atoms with van der Waals surface area (Å²) in [6.07, 6.45) is 4.30. The van der Waals surface area contributed by atoms with E-state index in [2.05, 4.69) is 12.1 Å². The van der Waals surface area contributed by atoms with E-state index in [9.17, 15) is 14.7 Å². The number of unbranched alkanes of at least 4 members (excludes halogenated alkanes) is 1. The standard InChI is InChI=1S/C31H44N6O3/c1-4-19-35-29(39)28-31(5-2,36(30(35)40)20-11-10-12-24-15-17-26(32)18-16-24)33-27(23-25-13-8-7-9-14-25)37(28)34(6-3)21-22-38/h7-9,13-18,28,38H,4-6,10-12,19-23,32H2,1-3H3. The van der Waals surface area contributed by atoms with E-state index < -0.39 is 11.7 Å². The Hall–Kier alpha value is -3.43. The summed E-state index contributed by atoms with van der Waals surface area (Å²) in [5, 5.41) is 13.9. The highest BCUT2D eigenvalue weighted by molar-refractivity contribution is 6.05. The summed E-state index contributed by atoms with van der Waals surface area (Å²) in [6.45, 7) is 7.80. The van der Waals surface area contributed by atoms with Gasteiger partial charge in [0.1, 0.15) is 5.84 Å². The Morgan fingerprint density at radius 1 is 0.975 bits per heavy atom. The van der Waals surface area contributed by atoms with Gasteiger partial charge in [-0.25, -0.2) is 14.8 Å². The van der Waals surface area contributed by atoms with E-state index >= 15 is 0 Å². The molecule has 2 unspecified atom stereocenters. The minimum absolute atomic E-state index is 0.0462. The number of nitrogens with zero attached hydrogens (tertiary/aromatic N) is 5. The van der Waals surface area contributed by atoms with Crippen molar-refractivity contribution in [3.05, 3.63) is 65.7 Å². The molecule has 2 heterocycles. The van der Waals surface area contributed by atoms with Gasteiger partial charge in [-0.3, -0.25) is 19.6 Å². The average Bonchev–Trinajstić information content (AvgIpc) is 3.29. The Balaban J connectivity index is 1.69. The molecule has 0 aromatic heterocycles. The molecule has 40 heavy (non-hydrogen) atoms. The number of aliphatic hydroxyl groups excluding tert-OH is 1. The van der Waals surface area contributed by atoms with Crippen molar-refractivity contribution in [2.45, 2.75) is 71.0 Å². The van der Waals surface area contributed by atoms with Crippen molar-refractivity contribution in [2.24, 2.45) is 4.99 Å². The van der Waals surface area contributed by atoms with Gasteiger partial charge in [-0.05, 0) is 55.4 Å². The number of nitrogen functional groups attached to an aromatic ring is 1. The number of nitrogens with two attached hydrogens (primary N) is 1. The molecule has 2 aliphatic rings. The number of anilines is 1. The van der Waals surface area contributed by atoms with Gasteiger partial charge in [-0.1, -0.05) is 63.2 Å². The third-order valence-corrected chi connectivity index (χ3v) is 7.98. The molecule has 0 spiro atoms. The average molecular weight is 549 g/mol. The van der Waals surface area contributed by atoms with E-state index in [-0.39, 0.29) is 18.5 Å². The molecule has 9 heteroatoms. The summed E-state index contributed by atoms with van der Waals surface area (Å²) in [4.78, 5) is 36.7. The number of amides is 3. The Labute approximate surface area is 238 Å². The highest BCUT2D eigenvalue weighted by Gasteiger charge is 2.62. The maximum Gasteiger partial charge on any atom is 0.328 e. The van der Waals surface area contributed by atoms with Crippen molar-refractivity contribution in [2.75, 3.05) is 38.5 Å². The molecule has 3 amide bonds. The van der Waals surface area contributed by atoms with Crippen LogP contribution in [0.5, 0.6) is 0 Å². The first-order valence-electron chi connectivity index (χ1n) is 14.6. The molecule has 2 atom stereocenters. The molecule has 0 bridgehead atoms. The van der Waals surface area contributed by atoms with E-state index in [1.54, 1.807) is 0 Å². The second kappa shape index (κ2) is 13.3. The SMILES string of the molecule is CCCN1C(=O)C2N(N(CC)CCO)C(Cc3ccccc3)=NC2(CC)N(CCCCc2ccc(N)cc2)C1=O. The van der Waals surface area contributed by atoms with Crippen LogP contribution in [0.4, 0.5) is 10.5 Å². The summed E-state index contributed by atoms with van der Waals surface area (Å²) >= 11 is 0. The zero-order valence-corrected chi connectivity index (χ0v) is 24.1. The van der Waals surface area contributed by atoms with Gasteiger partial charge < -0.3 is 10.8 Å². The number of imide groups is 1. The predicted molar refractivity (Wildman–Crippen MR) is 158 cm³/mol. The summed E-state index contributed by atoms with van der Waals surface area (Å²) in [5.74, 6) is 0.537. The molecule has 2 aromatic rings. The first-order valence-corrected chi connectivity index (χ1v) is 14.6. The first kappa shape index (κ1) is 29.6. The number of amidine groups is 1. The minimum Gasteiger partial charge on any atom is -0.399 e. The van der Waals surface area contributed by atoms with Crippen LogP contribution in [0, 0.1) is 0 Å². The fourth-order valence-electron chi connectivity index (χ4n) is 5.97.